The number of aromatic nitrogens is 2. The van der Waals surface area contributed by atoms with Crippen LogP contribution < -0.4 is 5.73 Å². The zero-order valence-electron chi connectivity index (χ0n) is 8.74. The van der Waals surface area contributed by atoms with Gasteiger partial charge < -0.3 is 5.73 Å². The molecule has 0 spiro atoms. The lowest BCUT2D eigenvalue weighted by molar-refractivity contribution is 0.833. The zero-order valence-corrected chi connectivity index (χ0v) is 10.3. The standard InChI is InChI=1S/C11H11Cl2N3/c1-7-4-10(13)11(5-9(7)12)16-3-2-8(6-14)15-16/h2-5H,6,14H2,1H3. The number of halogens is 2. The van der Waals surface area contributed by atoms with Crippen molar-refractivity contribution in [2.24, 2.45) is 5.73 Å². The Balaban J connectivity index is 2.51. The van der Waals surface area contributed by atoms with Gasteiger partial charge in [-0.25, -0.2) is 4.68 Å². The van der Waals surface area contributed by atoms with Crippen molar-refractivity contribution >= 4 is 23.2 Å². The first-order chi connectivity index (χ1) is 7.61. The third kappa shape index (κ3) is 2.07. The summed E-state index contributed by atoms with van der Waals surface area (Å²) in [5, 5.41) is 5.57. The molecule has 1 aromatic carbocycles. The molecule has 0 aliphatic carbocycles. The van der Waals surface area contributed by atoms with Crippen LogP contribution in [0.25, 0.3) is 5.69 Å². The molecule has 0 aliphatic rings. The molecule has 2 N–H and O–H groups in total. The summed E-state index contributed by atoms with van der Waals surface area (Å²) in [6.45, 7) is 2.32. The van der Waals surface area contributed by atoms with Crippen molar-refractivity contribution in [2.75, 3.05) is 0 Å². The molecular weight excluding hydrogens is 245 g/mol. The van der Waals surface area contributed by atoms with Crippen LogP contribution in [0.5, 0.6) is 0 Å². The first-order valence-corrected chi connectivity index (χ1v) is 5.58. The molecule has 0 unspecified atom stereocenters. The summed E-state index contributed by atoms with van der Waals surface area (Å²) in [5.74, 6) is 0. The molecule has 1 aromatic heterocycles. The van der Waals surface area contributed by atoms with E-state index in [9.17, 15) is 0 Å². The second-order valence-electron chi connectivity index (χ2n) is 3.51. The molecule has 3 nitrogen and oxygen atoms in total. The highest BCUT2D eigenvalue weighted by molar-refractivity contribution is 6.35. The topological polar surface area (TPSA) is 43.8 Å². The predicted molar refractivity (Wildman–Crippen MR) is 66.2 cm³/mol. The smallest absolute Gasteiger partial charge is 0.0846 e. The van der Waals surface area contributed by atoms with Crippen LogP contribution >= 0.6 is 23.2 Å². The normalized spacial score (nSPS) is 10.8. The summed E-state index contributed by atoms with van der Waals surface area (Å²) in [7, 11) is 0. The fourth-order valence-electron chi connectivity index (χ4n) is 1.42. The molecule has 0 saturated heterocycles. The van der Waals surface area contributed by atoms with Crippen LogP contribution in [0.15, 0.2) is 24.4 Å². The number of benzene rings is 1. The molecule has 0 saturated carbocycles. The maximum Gasteiger partial charge on any atom is 0.0846 e. The zero-order chi connectivity index (χ0) is 11.7. The average Bonchev–Trinajstić information content (AvgIpc) is 2.71. The van der Waals surface area contributed by atoms with Crippen molar-refractivity contribution in [3.63, 3.8) is 0 Å². The fourth-order valence-corrected chi connectivity index (χ4v) is 1.88. The Labute approximate surface area is 104 Å². The van der Waals surface area contributed by atoms with Gasteiger partial charge in [0.2, 0.25) is 0 Å². The highest BCUT2D eigenvalue weighted by Crippen LogP contribution is 2.27. The third-order valence-electron chi connectivity index (χ3n) is 2.33. The lowest BCUT2D eigenvalue weighted by Gasteiger charge is -2.07. The van der Waals surface area contributed by atoms with Gasteiger partial charge in [-0.15, -0.1) is 0 Å². The minimum absolute atomic E-state index is 0.407. The highest BCUT2D eigenvalue weighted by atomic mass is 35.5. The largest absolute Gasteiger partial charge is 0.325 e. The van der Waals surface area contributed by atoms with E-state index in [-0.39, 0.29) is 0 Å². The van der Waals surface area contributed by atoms with Gasteiger partial charge in [0, 0.05) is 17.8 Å². The second-order valence-corrected chi connectivity index (χ2v) is 4.32. The van der Waals surface area contributed by atoms with Crippen molar-refractivity contribution in [3.8, 4) is 5.69 Å². The van der Waals surface area contributed by atoms with Crippen LogP contribution in [0.3, 0.4) is 0 Å². The number of nitrogens with zero attached hydrogens (tertiary/aromatic N) is 2. The number of hydrogen-bond acceptors (Lipinski definition) is 2. The maximum atomic E-state index is 6.14. The molecule has 0 atom stereocenters. The predicted octanol–water partition coefficient (Wildman–Crippen LogP) is 2.95. The Morgan fingerprint density at radius 2 is 2.06 bits per heavy atom. The first kappa shape index (κ1) is 11.5. The number of hydrogen-bond donors (Lipinski definition) is 1. The van der Waals surface area contributed by atoms with Gasteiger partial charge in [0.25, 0.3) is 0 Å². The second kappa shape index (κ2) is 4.45. The van der Waals surface area contributed by atoms with Crippen LogP contribution in [0, 0.1) is 6.92 Å². The molecule has 0 aliphatic heterocycles. The molecule has 0 radical (unpaired) electrons. The van der Waals surface area contributed by atoms with Crippen LogP contribution in [0.1, 0.15) is 11.3 Å². The van der Waals surface area contributed by atoms with Crippen LogP contribution in [-0.4, -0.2) is 9.78 Å². The Kier molecular flexibility index (Phi) is 3.19. The van der Waals surface area contributed by atoms with E-state index < -0.39 is 0 Å². The van der Waals surface area contributed by atoms with E-state index in [4.69, 9.17) is 28.9 Å². The molecule has 0 amide bonds. The van der Waals surface area contributed by atoms with Gasteiger partial charge in [-0.2, -0.15) is 5.10 Å². The minimum Gasteiger partial charge on any atom is -0.325 e. The summed E-state index contributed by atoms with van der Waals surface area (Å²) in [6, 6.07) is 5.47. The molecule has 0 fully saturated rings. The summed E-state index contributed by atoms with van der Waals surface area (Å²) in [6.07, 6.45) is 1.81. The summed E-state index contributed by atoms with van der Waals surface area (Å²) < 4.78 is 1.68. The average molecular weight is 256 g/mol. The van der Waals surface area contributed by atoms with E-state index in [1.54, 1.807) is 10.7 Å². The van der Waals surface area contributed by atoms with Crippen molar-refractivity contribution in [1.29, 1.82) is 0 Å². The third-order valence-corrected chi connectivity index (χ3v) is 3.04. The minimum atomic E-state index is 0.407. The molecule has 5 heteroatoms. The first-order valence-electron chi connectivity index (χ1n) is 4.82. The maximum absolute atomic E-state index is 6.14. The number of nitrogens with two attached hydrogens (primary N) is 1. The molecule has 2 rings (SSSR count). The number of aryl methyl sites for hydroxylation is 1. The quantitative estimate of drug-likeness (QED) is 0.897. The Bertz CT molecular complexity index is 520. The molecule has 16 heavy (non-hydrogen) atoms. The Hall–Kier alpha value is -1.03. The number of rotatable bonds is 2. The Morgan fingerprint density at radius 1 is 1.31 bits per heavy atom. The van der Waals surface area contributed by atoms with Gasteiger partial charge in [0.05, 0.1) is 16.4 Å². The van der Waals surface area contributed by atoms with Crippen LogP contribution in [0.4, 0.5) is 0 Å². The van der Waals surface area contributed by atoms with E-state index >= 15 is 0 Å². The molecule has 0 bridgehead atoms. The van der Waals surface area contributed by atoms with Crippen molar-refractivity contribution < 1.29 is 0 Å². The Morgan fingerprint density at radius 3 is 2.69 bits per heavy atom. The highest BCUT2D eigenvalue weighted by Gasteiger charge is 2.07. The van der Waals surface area contributed by atoms with Gasteiger partial charge in [-0.05, 0) is 30.7 Å². The monoisotopic (exact) mass is 255 g/mol. The van der Waals surface area contributed by atoms with Crippen molar-refractivity contribution in [3.05, 3.63) is 45.7 Å². The molecule has 84 valence electrons. The summed E-state index contributed by atoms with van der Waals surface area (Å²) >= 11 is 12.2. The lowest BCUT2D eigenvalue weighted by Crippen LogP contribution is -2.01. The summed E-state index contributed by atoms with van der Waals surface area (Å²) in [5.41, 5.74) is 8.02. The van der Waals surface area contributed by atoms with Gasteiger partial charge in [0.1, 0.15) is 0 Å². The van der Waals surface area contributed by atoms with Crippen LogP contribution in [0.2, 0.25) is 10.0 Å². The van der Waals surface area contributed by atoms with E-state index in [0.717, 1.165) is 16.9 Å². The van der Waals surface area contributed by atoms with E-state index in [2.05, 4.69) is 5.10 Å². The SMILES string of the molecule is Cc1cc(Cl)c(-n2ccc(CN)n2)cc1Cl. The van der Waals surface area contributed by atoms with Gasteiger partial charge in [-0.1, -0.05) is 23.2 Å². The van der Waals surface area contributed by atoms with E-state index in [1.165, 1.54) is 0 Å². The van der Waals surface area contributed by atoms with Crippen molar-refractivity contribution in [1.82, 2.24) is 9.78 Å². The summed E-state index contributed by atoms with van der Waals surface area (Å²) in [4.78, 5) is 0. The van der Waals surface area contributed by atoms with E-state index in [0.29, 0.717) is 16.6 Å². The lowest BCUT2D eigenvalue weighted by atomic mass is 10.2. The van der Waals surface area contributed by atoms with Crippen molar-refractivity contribution in [2.45, 2.75) is 13.5 Å². The van der Waals surface area contributed by atoms with Gasteiger partial charge >= 0.3 is 0 Å². The van der Waals surface area contributed by atoms with E-state index in [1.807, 2.05) is 25.3 Å². The molecule has 1 heterocycles. The van der Waals surface area contributed by atoms with Crippen LogP contribution in [-0.2, 0) is 6.54 Å². The van der Waals surface area contributed by atoms with Gasteiger partial charge in [-0.3, -0.25) is 0 Å². The molecule has 2 aromatic rings. The fraction of sp³-hybridized carbons (Fsp3) is 0.182. The molecular formula is C11H11Cl2N3. The van der Waals surface area contributed by atoms with Gasteiger partial charge in [0.15, 0.2) is 0 Å².